The minimum atomic E-state index is 0. The molecule has 0 radical (unpaired) electrons. The van der Waals surface area contributed by atoms with Gasteiger partial charge in [0.15, 0.2) is 0 Å². The number of unbranched alkanes of at least 4 members (excludes halogenated alkanes) is 1. The van der Waals surface area contributed by atoms with Crippen LogP contribution in [0.3, 0.4) is 0 Å². The van der Waals surface area contributed by atoms with Crippen LogP contribution in [0.1, 0.15) is 52.9 Å². The molecule has 124 valence electrons. The Morgan fingerprint density at radius 1 is 1.33 bits per heavy atom. The van der Waals surface area contributed by atoms with E-state index in [9.17, 15) is 4.79 Å². The highest BCUT2D eigenvalue weighted by atomic mass is 35.5. The lowest BCUT2D eigenvalue weighted by atomic mass is 9.64. The van der Waals surface area contributed by atoms with Crippen molar-refractivity contribution in [3.63, 3.8) is 0 Å². The average Bonchev–Trinajstić information content (AvgIpc) is 2.46. The molecule has 2 unspecified atom stereocenters. The van der Waals surface area contributed by atoms with E-state index in [1.165, 1.54) is 6.42 Å². The monoisotopic (exact) mass is 318 g/mol. The molecule has 21 heavy (non-hydrogen) atoms. The van der Waals surface area contributed by atoms with Gasteiger partial charge in [-0.1, -0.05) is 27.2 Å². The molecule has 1 saturated carbocycles. The summed E-state index contributed by atoms with van der Waals surface area (Å²) in [4.78, 5) is 12.3. The zero-order chi connectivity index (χ0) is 14.6. The quantitative estimate of drug-likeness (QED) is 0.740. The summed E-state index contributed by atoms with van der Waals surface area (Å²) in [7, 11) is 0. The van der Waals surface area contributed by atoms with Gasteiger partial charge in [-0.15, -0.1) is 12.4 Å². The van der Waals surface area contributed by atoms with Gasteiger partial charge in [0.25, 0.3) is 0 Å². The molecule has 2 aliphatic rings. The van der Waals surface area contributed by atoms with Crippen molar-refractivity contribution in [2.75, 3.05) is 19.7 Å². The maximum Gasteiger partial charge on any atom is 0.223 e. The van der Waals surface area contributed by atoms with E-state index in [0.717, 1.165) is 45.4 Å². The van der Waals surface area contributed by atoms with Gasteiger partial charge in [0.1, 0.15) is 0 Å². The molecule has 1 amide bonds. The van der Waals surface area contributed by atoms with Gasteiger partial charge in [0.2, 0.25) is 5.91 Å². The summed E-state index contributed by atoms with van der Waals surface area (Å²) in [6, 6.07) is 0.275. The lowest BCUT2D eigenvalue weighted by molar-refractivity contribution is -0.141. The topological polar surface area (TPSA) is 50.4 Å². The maximum atomic E-state index is 12.3. The third-order valence-corrected chi connectivity index (χ3v) is 5.02. The molecule has 1 heterocycles. The van der Waals surface area contributed by atoms with E-state index in [-0.39, 0.29) is 35.7 Å². The zero-order valence-electron chi connectivity index (χ0n) is 13.6. The summed E-state index contributed by atoms with van der Waals surface area (Å²) >= 11 is 0. The third-order valence-electron chi connectivity index (χ3n) is 5.02. The van der Waals surface area contributed by atoms with E-state index in [1.807, 2.05) is 0 Å². The van der Waals surface area contributed by atoms with Gasteiger partial charge in [-0.3, -0.25) is 4.79 Å². The number of carbonyl (C=O) groups is 1. The number of nitrogens with one attached hydrogen (secondary N) is 2. The maximum absolute atomic E-state index is 12.3. The Morgan fingerprint density at radius 3 is 2.57 bits per heavy atom. The molecule has 0 aromatic heterocycles. The first kappa shape index (κ1) is 18.7. The van der Waals surface area contributed by atoms with Crippen LogP contribution in [0.25, 0.3) is 0 Å². The molecule has 0 aromatic rings. The standard InChI is InChI=1S/C16H30N2O2.ClH/c1-4-5-10-20-14-11-13(16(14,2)3)18-15(19)12-6-8-17-9-7-12;/h12-14,17H,4-11H2,1-3H3,(H,18,19);1H. The number of ether oxygens (including phenoxy) is 1. The van der Waals surface area contributed by atoms with Crippen LogP contribution in [0.15, 0.2) is 0 Å². The number of carbonyl (C=O) groups excluding carboxylic acids is 1. The van der Waals surface area contributed by atoms with Gasteiger partial charge in [-0.2, -0.15) is 0 Å². The summed E-state index contributed by atoms with van der Waals surface area (Å²) < 4.78 is 5.93. The van der Waals surface area contributed by atoms with Crippen LogP contribution in [0.2, 0.25) is 0 Å². The van der Waals surface area contributed by atoms with Crippen molar-refractivity contribution in [1.82, 2.24) is 10.6 Å². The molecule has 0 aromatic carbocycles. The van der Waals surface area contributed by atoms with Crippen LogP contribution in [0.5, 0.6) is 0 Å². The second kappa shape index (κ2) is 8.35. The fourth-order valence-corrected chi connectivity index (χ4v) is 3.16. The SMILES string of the molecule is CCCCOC1CC(NC(=O)C2CCNCC2)C1(C)C.Cl. The van der Waals surface area contributed by atoms with E-state index in [1.54, 1.807) is 0 Å². The van der Waals surface area contributed by atoms with Crippen molar-refractivity contribution in [3.05, 3.63) is 0 Å². The van der Waals surface area contributed by atoms with Crippen molar-refractivity contribution < 1.29 is 9.53 Å². The van der Waals surface area contributed by atoms with Crippen molar-refractivity contribution in [1.29, 1.82) is 0 Å². The summed E-state index contributed by atoms with van der Waals surface area (Å²) in [6.45, 7) is 9.38. The van der Waals surface area contributed by atoms with Crippen LogP contribution in [-0.4, -0.2) is 37.7 Å². The summed E-state index contributed by atoms with van der Waals surface area (Å²) in [5.41, 5.74) is 0.0658. The largest absolute Gasteiger partial charge is 0.378 e. The van der Waals surface area contributed by atoms with Gasteiger partial charge in [0, 0.05) is 24.0 Å². The Labute approximate surface area is 135 Å². The molecule has 2 fully saturated rings. The Balaban J connectivity index is 0.00000220. The molecule has 1 aliphatic carbocycles. The molecule has 0 bridgehead atoms. The molecule has 1 saturated heterocycles. The fourth-order valence-electron chi connectivity index (χ4n) is 3.16. The van der Waals surface area contributed by atoms with Crippen LogP contribution in [0, 0.1) is 11.3 Å². The Hall–Kier alpha value is -0.320. The van der Waals surface area contributed by atoms with Gasteiger partial charge in [0.05, 0.1) is 6.10 Å². The van der Waals surface area contributed by atoms with Crippen molar-refractivity contribution in [3.8, 4) is 0 Å². The smallest absolute Gasteiger partial charge is 0.223 e. The minimum Gasteiger partial charge on any atom is -0.378 e. The highest BCUT2D eigenvalue weighted by Crippen LogP contribution is 2.43. The molecule has 5 heteroatoms. The normalized spacial score (nSPS) is 28.3. The van der Waals surface area contributed by atoms with Gasteiger partial charge >= 0.3 is 0 Å². The summed E-state index contributed by atoms with van der Waals surface area (Å²) in [6.07, 6.45) is 5.49. The van der Waals surface area contributed by atoms with E-state index < -0.39 is 0 Å². The fraction of sp³-hybridized carbons (Fsp3) is 0.938. The van der Waals surface area contributed by atoms with Gasteiger partial charge in [-0.05, 0) is 38.8 Å². The Bertz CT molecular complexity index is 330. The molecular weight excluding hydrogens is 288 g/mol. The highest BCUT2D eigenvalue weighted by molar-refractivity contribution is 5.85. The first-order valence-electron chi connectivity index (χ1n) is 8.18. The minimum absolute atomic E-state index is 0. The summed E-state index contributed by atoms with van der Waals surface area (Å²) in [5, 5.41) is 6.55. The second-order valence-corrected chi connectivity index (χ2v) is 6.86. The number of hydrogen-bond donors (Lipinski definition) is 2. The first-order chi connectivity index (χ1) is 9.55. The average molecular weight is 319 g/mol. The van der Waals surface area contributed by atoms with Crippen LogP contribution >= 0.6 is 12.4 Å². The predicted molar refractivity (Wildman–Crippen MR) is 87.8 cm³/mol. The van der Waals surface area contributed by atoms with Crippen molar-refractivity contribution in [2.24, 2.45) is 11.3 Å². The summed E-state index contributed by atoms with van der Waals surface area (Å²) in [5.74, 6) is 0.448. The number of halogens is 1. The van der Waals surface area contributed by atoms with Gasteiger partial charge < -0.3 is 15.4 Å². The first-order valence-corrected chi connectivity index (χ1v) is 8.18. The lowest BCUT2D eigenvalue weighted by Gasteiger charge is -2.52. The van der Waals surface area contributed by atoms with E-state index in [0.29, 0.717) is 6.10 Å². The number of hydrogen-bond acceptors (Lipinski definition) is 3. The van der Waals surface area contributed by atoms with Crippen LogP contribution in [0.4, 0.5) is 0 Å². The van der Waals surface area contributed by atoms with E-state index in [4.69, 9.17) is 4.74 Å². The highest BCUT2D eigenvalue weighted by Gasteiger charge is 2.49. The third kappa shape index (κ3) is 4.57. The number of amides is 1. The second-order valence-electron chi connectivity index (χ2n) is 6.86. The molecule has 4 nitrogen and oxygen atoms in total. The Kier molecular flexibility index (Phi) is 7.45. The lowest BCUT2D eigenvalue weighted by Crippen LogP contribution is -2.63. The van der Waals surface area contributed by atoms with Gasteiger partial charge in [-0.25, -0.2) is 0 Å². The molecule has 2 N–H and O–H groups in total. The van der Waals surface area contributed by atoms with Crippen LogP contribution < -0.4 is 10.6 Å². The molecule has 0 spiro atoms. The molecule has 1 aliphatic heterocycles. The molecular formula is C16H31ClN2O2. The van der Waals surface area contributed by atoms with Crippen molar-refractivity contribution >= 4 is 18.3 Å². The molecule has 2 rings (SSSR count). The van der Waals surface area contributed by atoms with Crippen LogP contribution in [-0.2, 0) is 9.53 Å². The predicted octanol–water partition coefficient (Wildman–Crippen LogP) is 2.51. The number of rotatable bonds is 6. The van der Waals surface area contributed by atoms with E-state index >= 15 is 0 Å². The zero-order valence-corrected chi connectivity index (χ0v) is 14.4. The molecule has 2 atom stereocenters. The number of piperidine rings is 1. The van der Waals surface area contributed by atoms with E-state index in [2.05, 4.69) is 31.4 Å². The Morgan fingerprint density at radius 2 is 2.00 bits per heavy atom. The van der Waals surface area contributed by atoms with Crippen molar-refractivity contribution in [2.45, 2.75) is 65.0 Å².